The molecule has 0 amide bonds. The van der Waals surface area contributed by atoms with Gasteiger partial charge in [0.2, 0.25) is 0 Å². The Morgan fingerprint density at radius 1 is 1.03 bits per heavy atom. The smallest absolute Gasteiger partial charge is 0.303 e. The van der Waals surface area contributed by atoms with Crippen LogP contribution in [0, 0.1) is 6.92 Å². The number of thiol groups is 1. The molecule has 0 aliphatic carbocycles. The van der Waals surface area contributed by atoms with E-state index in [0.717, 1.165) is 51.6 Å². The number of hydrogen-bond donors (Lipinski definition) is 2. The van der Waals surface area contributed by atoms with Crippen LogP contribution in [-0.4, -0.2) is 27.2 Å². The second-order valence-corrected chi connectivity index (χ2v) is 8.32. The summed E-state index contributed by atoms with van der Waals surface area (Å²) < 4.78 is 8.13. The van der Waals surface area contributed by atoms with Gasteiger partial charge in [-0.15, -0.1) is 12.6 Å². The molecule has 32 heavy (non-hydrogen) atoms. The third kappa shape index (κ3) is 4.97. The minimum absolute atomic E-state index is 0.199. The van der Waals surface area contributed by atoms with Crippen LogP contribution in [0.25, 0.3) is 28.1 Å². The standard InChI is InChI=1S/C26H26N2O3S/c1-18-11-13-20(14-12-18)28-22-16-21(31-15-7-3-6-10-24(29)30)17-23(32)25(22)27-26(28)19-8-4-2-5-9-19/h2,4-5,8-9,11-14,16-17,32H,3,6-7,10,15H2,1H3,(H,29,30). The van der Waals surface area contributed by atoms with Gasteiger partial charge in [0.1, 0.15) is 17.1 Å². The summed E-state index contributed by atoms with van der Waals surface area (Å²) in [5.41, 5.74) is 5.00. The molecule has 0 unspecified atom stereocenters. The van der Waals surface area contributed by atoms with Crippen molar-refractivity contribution in [3.05, 3.63) is 72.3 Å². The second-order valence-electron chi connectivity index (χ2n) is 7.84. The molecule has 1 heterocycles. The molecule has 0 aliphatic heterocycles. The lowest BCUT2D eigenvalue weighted by Crippen LogP contribution is -2.00. The first-order chi connectivity index (χ1) is 15.5. The van der Waals surface area contributed by atoms with Crippen LogP contribution in [-0.2, 0) is 4.79 Å². The van der Waals surface area contributed by atoms with Gasteiger partial charge in [-0.05, 0) is 44.4 Å². The number of rotatable bonds is 9. The van der Waals surface area contributed by atoms with Gasteiger partial charge in [-0.25, -0.2) is 4.98 Å². The van der Waals surface area contributed by atoms with Crippen molar-refractivity contribution in [3.63, 3.8) is 0 Å². The minimum Gasteiger partial charge on any atom is -0.493 e. The van der Waals surface area contributed by atoms with Crippen molar-refractivity contribution in [1.29, 1.82) is 0 Å². The Labute approximate surface area is 193 Å². The van der Waals surface area contributed by atoms with Gasteiger partial charge in [0.05, 0.1) is 12.1 Å². The third-order valence-corrected chi connectivity index (χ3v) is 5.68. The van der Waals surface area contributed by atoms with Crippen LogP contribution >= 0.6 is 12.6 Å². The summed E-state index contributed by atoms with van der Waals surface area (Å²) >= 11 is 4.70. The number of carboxylic acids is 1. The first-order valence-corrected chi connectivity index (χ1v) is 11.2. The van der Waals surface area contributed by atoms with Crippen LogP contribution in [0.5, 0.6) is 5.75 Å². The number of ether oxygens (including phenoxy) is 1. The van der Waals surface area contributed by atoms with Crippen LogP contribution < -0.4 is 4.74 Å². The fraction of sp³-hybridized carbons (Fsp3) is 0.231. The van der Waals surface area contributed by atoms with E-state index < -0.39 is 5.97 Å². The number of imidazole rings is 1. The SMILES string of the molecule is Cc1ccc(-n2c(-c3ccccc3)nc3c(S)cc(OCCCCCC(=O)O)cc32)cc1. The lowest BCUT2D eigenvalue weighted by Gasteiger charge is -2.12. The highest BCUT2D eigenvalue weighted by Crippen LogP contribution is 2.34. The van der Waals surface area contributed by atoms with Crippen LogP contribution in [0.3, 0.4) is 0 Å². The van der Waals surface area contributed by atoms with Crippen LogP contribution in [0.4, 0.5) is 0 Å². The van der Waals surface area contributed by atoms with Crippen LogP contribution in [0.1, 0.15) is 31.2 Å². The minimum atomic E-state index is -0.755. The third-order valence-electron chi connectivity index (χ3n) is 5.34. The summed E-state index contributed by atoms with van der Waals surface area (Å²) in [6, 6.07) is 22.4. The number of aromatic nitrogens is 2. The summed E-state index contributed by atoms with van der Waals surface area (Å²) in [5, 5.41) is 8.75. The molecule has 164 valence electrons. The van der Waals surface area contributed by atoms with E-state index in [4.69, 9.17) is 27.5 Å². The van der Waals surface area contributed by atoms with Gasteiger partial charge in [0.25, 0.3) is 0 Å². The zero-order chi connectivity index (χ0) is 22.5. The van der Waals surface area contributed by atoms with Crippen LogP contribution in [0.2, 0.25) is 0 Å². The number of hydrogen-bond acceptors (Lipinski definition) is 4. The summed E-state index contributed by atoms with van der Waals surface area (Å²) in [6.07, 6.45) is 2.49. The highest BCUT2D eigenvalue weighted by atomic mass is 32.1. The van der Waals surface area contributed by atoms with E-state index in [-0.39, 0.29) is 6.42 Å². The molecule has 0 spiro atoms. The maximum Gasteiger partial charge on any atom is 0.303 e. The highest BCUT2D eigenvalue weighted by molar-refractivity contribution is 7.80. The van der Waals surface area contributed by atoms with E-state index >= 15 is 0 Å². The molecule has 4 rings (SSSR count). The van der Waals surface area contributed by atoms with Gasteiger partial charge in [-0.1, -0.05) is 48.0 Å². The number of carboxylic acid groups (broad SMARTS) is 1. The Morgan fingerprint density at radius 3 is 2.50 bits per heavy atom. The summed E-state index contributed by atoms with van der Waals surface area (Å²) in [7, 11) is 0. The Hall–Kier alpha value is -3.25. The second kappa shape index (κ2) is 9.92. The number of benzene rings is 3. The van der Waals surface area contributed by atoms with E-state index in [2.05, 4.69) is 47.9 Å². The van der Waals surface area contributed by atoms with Gasteiger partial charge in [-0.2, -0.15) is 0 Å². The number of unbranched alkanes of at least 4 members (excludes halogenated alkanes) is 2. The first-order valence-electron chi connectivity index (χ1n) is 10.8. The van der Waals surface area contributed by atoms with Gasteiger partial charge in [-0.3, -0.25) is 9.36 Å². The van der Waals surface area contributed by atoms with E-state index in [1.165, 1.54) is 5.56 Å². The van der Waals surface area contributed by atoms with Crippen molar-refractivity contribution >= 4 is 29.6 Å². The molecule has 0 aliphatic rings. The summed E-state index contributed by atoms with van der Waals surface area (Å²) in [4.78, 5) is 16.3. The number of aliphatic carboxylic acids is 1. The normalized spacial score (nSPS) is 11.1. The molecule has 5 nitrogen and oxygen atoms in total. The monoisotopic (exact) mass is 446 g/mol. The molecule has 6 heteroatoms. The fourth-order valence-electron chi connectivity index (χ4n) is 3.70. The largest absolute Gasteiger partial charge is 0.493 e. The molecule has 0 bridgehead atoms. The van der Waals surface area contributed by atoms with Gasteiger partial charge < -0.3 is 9.84 Å². The molecular weight excluding hydrogens is 420 g/mol. The number of aryl methyl sites for hydroxylation is 1. The highest BCUT2D eigenvalue weighted by Gasteiger charge is 2.17. The predicted molar refractivity (Wildman–Crippen MR) is 130 cm³/mol. The lowest BCUT2D eigenvalue weighted by atomic mass is 10.2. The molecule has 0 atom stereocenters. The van der Waals surface area contributed by atoms with Gasteiger partial charge in [0, 0.05) is 28.6 Å². The van der Waals surface area contributed by atoms with E-state index in [1.807, 2.05) is 30.3 Å². The number of nitrogens with zero attached hydrogens (tertiary/aromatic N) is 2. The average Bonchev–Trinajstić information content (AvgIpc) is 3.17. The molecule has 1 aromatic heterocycles. The zero-order valence-corrected chi connectivity index (χ0v) is 18.9. The zero-order valence-electron chi connectivity index (χ0n) is 18.0. The van der Waals surface area contributed by atoms with Crippen molar-refractivity contribution in [2.75, 3.05) is 6.61 Å². The molecule has 0 saturated heterocycles. The molecule has 0 radical (unpaired) electrons. The van der Waals surface area contributed by atoms with E-state index in [0.29, 0.717) is 13.0 Å². The number of carbonyl (C=O) groups is 1. The first kappa shape index (κ1) is 22.0. The van der Waals surface area contributed by atoms with Crippen LogP contribution in [0.15, 0.2) is 71.6 Å². The topological polar surface area (TPSA) is 64.4 Å². The predicted octanol–water partition coefficient (Wildman–Crippen LogP) is 6.31. The van der Waals surface area contributed by atoms with E-state index in [1.54, 1.807) is 0 Å². The summed E-state index contributed by atoms with van der Waals surface area (Å²) in [5.74, 6) is 0.828. The maximum atomic E-state index is 10.6. The molecule has 4 aromatic rings. The van der Waals surface area contributed by atoms with E-state index in [9.17, 15) is 4.79 Å². The molecular formula is C26H26N2O3S. The maximum absolute atomic E-state index is 10.6. The van der Waals surface area contributed by atoms with Gasteiger partial charge >= 0.3 is 5.97 Å². The molecule has 0 saturated carbocycles. The molecule has 1 N–H and O–H groups in total. The fourth-order valence-corrected chi connectivity index (χ4v) is 3.99. The van der Waals surface area contributed by atoms with Crippen molar-refractivity contribution in [2.24, 2.45) is 0 Å². The quantitative estimate of drug-likeness (QED) is 0.233. The Kier molecular flexibility index (Phi) is 6.81. The lowest BCUT2D eigenvalue weighted by molar-refractivity contribution is -0.137. The molecule has 0 fully saturated rings. The Bertz CT molecular complexity index is 1220. The average molecular weight is 447 g/mol. The summed E-state index contributed by atoms with van der Waals surface area (Å²) in [6.45, 7) is 2.60. The van der Waals surface area contributed by atoms with Crippen molar-refractivity contribution < 1.29 is 14.6 Å². The van der Waals surface area contributed by atoms with Gasteiger partial charge in [0.15, 0.2) is 0 Å². The van der Waals surface area contributed by atoms with Crippen molar-refractivity contribution in [3.8, 4) is 22.8 Å². The molecule has 3 aromatic carbocycles. The number of fused-ring (bicyclic) bond motifs is 1. The van der Waals surface area contributed by atoms with Crippen molar-refractivity contribution in [1.82, 2.24) is 9.55 Å². The van der Waals surface area contributed by atoms with Crippen molar-refractivity contribution in [2.45, 2.75) is 37.5 Å². The Morgan fingerprint density at radius 2 is 1.78 bits per heavy atom. The Balaban J connectivity index is 1.69.